The molecule has 0 rings (SSSR count). The number of nitrogens with two attached hydrogens (primary N) is 2. The molecule has 0 unspecified atom stereocenters. The van der Waals surface area contributed by atoms with Gasteiger partial charge in [-0.3, -0.25) is 0 Å². The molecule has 0 bridgehead atoms. The second-order valence-corrected chi connectivity index (χ2v) is 6.38. The van der Waals surface area contributed by atoms with Crippen LogP contribution in [-0.2, 0) is 0 Å². The second kappa shape index (κ2) is 17.2. The zero-order valence-corrected chi connectivity index (χ0v) is 15.4. The summed E-state index contributed by atoms with van der Waals surface area (Å²) in [5, 5.41) is 0. The minimum absolute atomic E-state index is 0.812. The van der Waals surface area contributed by atoms with E-state index >= 15 is 0 Å². The van der Waals surface area contributed by atoms with Crippen LogP contribution in [0, 0.1) is 0 Å². The highest BCUT2D eigenvalue weighted by Crippen LogP contribution is 2.04. The molecule has 0 aromatic heterocycles. The van der Waals surface area contributed by atoms with Crippen molar-refractivity contribution in [1.29, 1.82) is 0 Å². The zero-order chi connectivity index (χ0) is 16.5. The molecule has 0 aromatic carbocycles. The Labute approximate surface area is 139 Å². The van der Waals surface area contributed by atoms with E-state index in [2.05, 4.69) is 23.6 Å². The number of unbranched alkanes of at least 4 members (excludes halogenated alkanes) is 3. The number of nitrogens with zero attached hydrogens (tertiary/aromatic N) is 2. The molecule has 0 saturated carbocycles. The summed E-state index contributed by atoms with van der Waals surface area (Å²) in [4.78, 5) is 5.21. The Morgan fingerprint density at radius 3 is 1.14 bits per heavy atom. The van der Waals surface area contributed by atoms with Gasteiger partial charge in [0.25, 0.3) is 0 Å². The topological polar surface area (TPSA) is 58.5 Å². The maximum atomic E-state index is 5.65. The lowest BCUT2D eigenvalue weighted by molar-refractivity contribution is 0.235. The highest BCUT2D eigenvalue weighted by molar-refractivity contribution is 4.62. The molecule has 0 aromatic rings. The summed E-state index contributed by atoms with van der Waals surface area (Å²) >= 11 is 0. The van der Waals surface area contributed by atoms with Crippen molar-refractivity contribution in [3.05, 3.63) is 0 Å². The summed E-state index contributed by atoms with van der Waals surface area (Å²) in [6.45, 7) is 13.4. The van der Waals surface area contributed by atoms with E-state index in [4.69, 9.17) is 11.5 Å². The summed E-state index contributed by atoms with van der Waals surface area (Å²) in [6.07, 6.45) is 10.0. The highest BCUT2D eigenvalue weighted by Gasteiger charge is 2.06. The monoisotopic (exact) mass is 314 g/mol. The van der Waals surface area contributed by atoms with Crippen molar-refractivity contribution in [2.75, 3.05) is 52.4 Å². The summed E-state index contributed by atoms with van der Waals surface area (Å²) in [7, 11) is 0. The first-order valence-electron chi connectivity index (χ1n) is 9.63. The van der Waals surface area contributed by atoms with E-state index in [9.17, 15) is 0 Å². The van der Waals surface area contributed by atoms with E-state index in [1.807, 2.05) is 0 Å². The fraction of sp³-hybridized carbons (Fsp3) is 1.00. The van der Waals surface area contributed by atoms with Crippen molar-refractivity contribution in [1.82, 2.24) is 9.80 Å². The molecule has 0 aliphatic heterocycles. The van der Waals surface area contributed by atoms with Crippen LogP contribution < -0.4 is 11.5 Å². The van der Waals surface area contributed by atoms with E-state index in [1.165, 1.54) is 77.8 Å². The smallest absolute Gasteiger partial charge is 0.000672 e. The number of rotatable bonds is 17. The molecule has 0 aliphatic carbocycles. The van der Waals surface area contributed by atoms with Crippen molar-refractivity contribution >= 4 is 0 Å². The van der Waals surface area contributed by atoms with Crippen LogP contribution in [0.1, 0.15) is 65.2 Å². The summed E-state index contributed by atoms with van der Waals surface area (Å²) in [5.74, 6) is 0. The maximum absolute atomic E-state index is 5.65. The molecule has 4 nitrogen and oxygen atoms in total. The minimum atomic E-state index is 0.812. The summed E-state index contributed by atoms with van der Waals surface area (Å²) < 4.78 is 0. The first-order valence-corrected chi connectivity index (χ1v) is 9.63. The normalized spacial score (nSPS) is 11.7. The van der Waals surface area contributed by atoms with E-state index < -0.39 is 0 Å². The fourth-order valence-electron chi connectivity index (χ4n) is 2.73. The summed E-state index contributed by atoms with van der Waals surface area (Å²) in [6, 6.07) is 0. The van der Waals surface area contributed by atoms with Crippen LogP contribution in [0.15, 0.2) is 0 Å². The molecule has 0 amide bonds. The molecule has 0 aliphatic rings. The van der Waals surface area contributed by atoms with Gasteiger partial charge < -0.3 is 21.3 Å². The van der Waals surface area contributed by atoms with Crippen molar-refractivity contribution in [3.8, 4) is 0 Å². The van der Waals surface area contributed by atoms with Gasteiger partial charge in [0.2, 0.25) is 0 Å². The third-order valence-electron chi connectivity index (χ3n) is 4.21. The predicted octanol–water partition coefficient (Wildman–Crippen LogP) is 2.67. The van der Waals surface area contributed by atoms with E-state index in [-0.39, 0.29) is 0 Å². The average molecular weight is 315 g/mol. The van der Waals surface area contributed by atoms with Crippen molar-refractivity contribution in [2.24, 2.45) is 11.5 Å². The molecular formula is C18H42N4. The molecule has 0 fully saturated rings. The molecule has 134 valence electrons. The van der Waals surface area contributed by atoms with Crippen LogP contribution in [0.2, 0.25) is 0 Å². The predicted molar refractivity (Wildman–Crippen MR) is 99.3 cm³/mol. The lowest BCUT2D eigenvalue weighted by Crippen LogP contribution is -2.31. The molecule has 0 heterocycles. The lowest BCUT2D eigenvalue weighted by atomic mass is 10.2. The Morgan fingerprint density at radius 2 is 0.818 bits per heavy atom. The Hall–Kier alpha value is -0.160. The number of hydrogen-bond donors (Lipinski definition) is 2. The zero-order valence-electron chi connectivity index (χ0n) is 15.4. The van der Waals surface area contributed by atoms with Crippen molar-refractivity contribution in [3.63, 3.8) is 0 Å². The molecule has 0 spiro atoms. The molecule has 4 heteroatoms. The summed E-state index contributed by atoms with van der Waals surface area (Å²) in [5.41, 5.74) is 11.3. The van der Waals surface area contributed by atoms with Gasteiger partial charge in [0.1, 0.15) is 0 Å². The van der Waals surface area contributed by atoms with E-state index in [1.54, 1.807) is 0 Å². The first-order chi connectivity index (χ1) is 10.8. The molecule has 0 saturated heterocycles. The third kappa shape index (κ3) is 13.5. The van der Waals surface area contributed by atoms with Crippen LogP contribution in [0.3, 0.4) is 0 Å². The van der Waals surface area contributed by atoms with Crippen molar-refractivity contribution in [2.45, 2.75) is 65.2 Å². The maximum Gasteiger partial charge on any atom is -0.000672 e. The fourth-order valence-corrected chi connectivity index (χ4v) is 2.73. The lowest BCUT2D eigenvalue weighted by Gasteiger charge is -2.24. The van der Waals surface area contributed by atoms with Gasteiger partial charge in [-0.15, -0.1) is 0 Å². The van der Waals surface area contributed by atoms with Crippen LogP contribution in [0.4, 0.5) is 0 Å². The minimum Gasteiger partial charge on any atom is -0.330 e. The van der Waals surface area contributed by atoms with Gasteiger partial charge in [-0.25, -0.2) is 0 Å². The van der Waals surface area contributed by atoms with Crippen LogP contribution in [0.25, 0.3) is 0 Å². The Kier molecular flexibility index (Phi) is 17.1. The molecular weight excluding hydrogens is 272 g/mol. The second-order valence-electron chi connectivity index (χ2n) is 6.38. The van der Waals surface area contributed by atoms with Gasteiger partial charge in [0.15, 0.2) is 0 Å². The van der Waals surface area contributed by atoms with Gasteiger partial charge in [0.05, 0.1) is 0 Å². The van der Waals surface area contributed by atoms with Gasteiger partial charge in [-0.1, -0.05) is 26.7 Å². The molecule has 0 atom stereocenters. The first kappa shape index (κ1) is 21.8. The van der Waals surface area contributed by atoms with Crippen molar-refractivity contribution < 1.29 is 0 Å². The quantitative estimate of drug-likeness (QED) is 0.405. The Bertz CT molecular complexity index is 173. The molecule has 22 heavy (non-hydrogen) atoms. The van der Waals surface area contributed by atoms with Crippen LogP contribution >= 0.6 is 0 Å². The van der Waals surface area contributed by atoms with Gasteiger partial charge >= 0.3 is 0 Å². The van der Waals surface area contributed by atoms with E-state index in [0.717, 1.165) is 25.9 Å². The Morgan fingerprint density at radius 1 is 0.500 bits per heavy atom. The Balaban J connectivity index is 3.88. The largest absolute Gasteiger partial charge is 0.330 e. The standard InChI is InChI=1S/C18H42N4/c1-3-5-13-21(17-9-11-19)15-7-8-16-22(14-6-4-2)18-10-12-20/h3-20H2,1-2H3. The molecule has 4 N–H and O–H groups in total. The van der Waals surface area contributed by atoms with Crippen LogP contribution in [-0.4, -0.2) is 62.2 Å². The van der Waals surface area contributed by atoms with E-state index in [0.29, 0.717) is 0 Å². The third-order valence-corrected chi connectivity index (χ3v) is 4.21. The SMILES string of the molecule is CCCCN(CCCN)CCCCN(CCCC)CCCN. The average Bonchev–Trinajstić information content (AvgIpc) is 2.54. The van der Waals surface area contributed by atoms with Crippen LogP contribution in [0.5, 0.6) is 0 Å². The molecule has 0 radical (unpaired) electrons. The van der Waals surface area contributed by atoms with Gasteiger partial charge in [0, 0.05) is 0 Å². The highest BCUT2D eigenvalue weighted by atomic mass is 15.1. The van der Waals surface area contributed by atoms with Gasteiger partial charge in [-0.05, 0) is 90.9 Å². The van der Waals surface area contributed by atoms with Gasteiger partial charge in [-0.2, -0.15) is 0 Å². The number of hydrogen-bond acceptors (Lipinski definition) is 4.